The summed E-state index contributed by atoms with van der Waals surface area (Å²) in [6.07, 6.45) is 5.38. The Balaban J connectivity index is 1.96. The summed E-state index contributed by atoms with van der Waals surface area (Å²) in [5.41, 5.74) is 1.15. The monoisotopic (exact) mass is 185 g/mol. The number of hydrogen-bond acceptors (Lipinski definition) is 3. The molecule has 0 unspecified atom stereocenters. The molecule has 70 valence electrons. The lowest BCUT2D eigenvalue weighted by atomic mass is 10.3. The number of nitrogens with one attached hydrogen (secondary N) is 1. The Morgan fingerprint density at radius 3 is 2.79 bits per heavy atom. The molecule has 0 atom stereocenters. The molecular formula is C11H11N3. The maximum absolute atomic E-state index is 4.16. The number of aromatic nitrogens is 2. The van der Waals surface area contributed by atoms with Crippen LogP contribution in [0.5, 0.6) is 0 Å². The SMILES string of the molecule is c1ccc(NCc2cccnc2)nc1. The van der Waals surface area contributed by atoms with Gasteiger partial charge < -0.3 is 5.32 Å². The van der Waals surface area contributed by atoms with Gasteiger partial charge in [0.25, 0.3) is 0 Å². The molecule has 0 saturated carbocycles. The quantitative estimate of drug-likeness (QED) is 0.795. The number of anilines is 1. The predicted octanol–water partition coefficient (Wildman–Crippen LogP) is 2.09. The van der Waals surface area contributed by atoms with Crippen molar-refractivity contribution in [3.63, 3.8) is 0 Å². The van der Waals surface area contributed by atoms with Gasteiger partial charge in [0.2, 0.25) is 0 Å². The molecule has 0 amide bonds. The lowest BCUT2D eigenvalue weighted by Gasteiger charge is -2.03. The summed E-state index contributed by atoms with van der Waals surface area (Å²) in [6, 6.07) is 9.75. The van der Waals surface area contributed by atoms with Gasteiger partial charge in [-0.25, -0.2) is 4.98 Å². The van der Waals surface area contributed by atoms with Crippen molar-refractivity contribution in [3.8, 4) is 0 Å². The summed E-state index contributed by atoms with van der Waals surface area (Å²) < 4.78 is 0. The second kappa shape index (κ2) is 4.37. The topological polar surface area (TPSA) is 37.8 Å². The molecular weight excluding hydrogens is 174 g/mol. The molecule has 0 spiro atoms. The molecule has 3 heteroatoms. The molecule has 14 heavy (non-hydrogen) atoms. The van der Waals surface area contributed by atoms with Crippen LogP contribution in [0, 0.1) is 0 Å². The summed E-state index contributed by atoms with van der Waals surface area (Å²) in [5.74, 6) is 0.886. The van der Waals surface area contributed by atoms with Crippen molar-refractivity contribution in [3.05, 3.63) is 54.5 Å². The second-order valence-corrected chi connectivity index (χ2v) is 2.93. The lowest BCUT2D eigenvalue weighted by Crippen LogP contribution is -2.00. The normalized spacial score (nSPS) is 9.71. The molecule has 0 aromatic carbocycles. The fourth-order valence-corrected chi connectivity index (χ4v) is 1.16. The van der Waals surface area contributed by atoms with Crippen LogP contribution in [0.4, 0.5) is 5.82 Å². The Kier molecular flexibility index (Phi) is 2.71. The van der Waals surface area contributed by atoms with E-state index in [1.54, 1.807) is 12.4 Å². The maximum atomic E-state index is 4.16. The largest absolute Gasteiger partial charge is 0.366 e. The average Bonchev–Trinajstić information content (AvgIpc) is 2.29. The fourth-order valence-electron chi connectivity index (χ4n) is 1.16. The lowest BCUT2D eigenvalue weighted by molar-refractivity contribution is 1.09. The number of rotatable bonds is 3. The minimum atomic E-state index is 0.755. The first kappa shape index (κ1) is 8.69. The van der Waals surface area contributed by atoms with E-state index in [2.05, 4.69) is 15.3 Å². The van der Waals surface area contributed by atoms with Gasteiger partial charge in [0, 0.05) is 25.1 Å². The zero-order valence-corrected chi connectivity index (χ0v) is 7.72. The molecule has 0 fully saturated rings. The van der Waals surface area contributed by atoms with Crippen molar-refractivity contribution >= 4 is 5.82 Å². The Labute approximate surface area is 82.8 Å². The number of nitrogens with zero attached hydrogens (tertiary/aromatic N) is 2. The zero-order chi connectivity index (χ0) is 9.64. The molecule has 0 aliphatic heterocycles. The van der Waals surface area contributed by atoms with Gasteiger partial charge in [-0.05, 0) is 23.8 Å². The van der Waals surface area contributed by atoms with Crippen LogP contribution in [0.15, 0.2) is 48.9 Å². The van der Waals surface area contributed by atoms with E-state index >= 15 is 0 Å². The molecule has 0 bridgehead atoms. The molecule has 0 aliphatic carbocycles. The van der Waals surface area contributed by atoms with Gasteiger partial charge in [0.15, 0.2) is 0 Å². The minimum Gasteiger partial charge on any atom is -0.366 e. The van der Waals surface area contributed by atoms with Gasteiger partial charge in [-0.1, -0.05) is 12.1 Å². The first-order valence-electron chi connectivity index (χ1n) is 4.49. The van der Waals surface area contributed by atoms with Crippen molar-refractivity contribution < 1.29 is 0 Å². The number of pyridine rings is 2. The molecule has 2 heterocycles. The highest BCUT2D eigenvalue weighted by molar-refractivity contribution is 5.34. The van der Waals surface area contributed by atoms with Gasteiger partial charge in [-0.15, -0.1) is 0 Å². The standard InChI is InChI=1S/C11H11N3/c1-2-7-13-11(5-1)14-9-10-4-3-6-12-8-10/h1-8H,9H2,(H,13,14). The van der Waals surface area contributed by atoms with E-state index in [1.165, 1.54) is 0 Å². The van der Waals surface area contributed by atoms with Crippen LogP contribution in [-0.2, 0) is 6.54 Å². The van der Waals surface area contributed by atoms with Gasteiger partial charge >= 0.3 is 0 Å². The molecule has 2 rings (SSSR count). The Morgan fingerprint density at radius 2 is 2.07 bits per heavy atom. The van der Waals surface area contributed by atoms with E-state index < -0.39 is 0 Å². The predicted molar refractivity (Wildman–Crippen MR) is 55.8 cm³/mol. The Bertz CT molecular complexity index is 333. The van der Waals surface area contributed by atoms with Crippen LogP contribution >= 0.6 is 0 Å². The highest BCUT2D eigenvalue weighted by atomic mass is 15.0. The third-order valence-electron chi connectivity index (χ3n) is 1.86. The third-order valence-corrected chi connectivity index (χ3v) is 1.86. The summed E-state index contributed by atoms with van der Waals surface area (Å²) in [5, 5.41) is 3.21. The van der Waals surface area contributed by atoms with Crippen LogP contribution in [0.3, 0.4) is 0 Å². The summed E-state index contributed by atoms with van der Waals surface area (Å²) >= 11 is 0. The molecule has 2 aromatic heterocycles. The van der Waals surface area contributed by atoms with Crippen molar-refractivity contribution in [1.29, 1.82) is 0 Å². The van der Waals surface area contributed by atoms with Crippen LogP contribution in [0.25, 0.3) is 0 Å². The third kappa shape index (κ3) is 2.29. The maximum Gasteiger partial charge on any atom is 0.126 e. The van der Waals surface area contributed by atoms with E-state index in [4.69, 9.17) is 0 Å². The molecule has 0 radical (unpaired) electrons. The molecule has 3 nitrogen and oxygen atoms in total. The second-order valence-electron chi connectivity index (χ2n) is 2.93. The molecule has 2 aromatic rings. The highest BCUT2D eigenvalue weighted by Crippen LogP contribution is 2.03. The first-order chi connectivity index (χ1) is 6.95. The van der Waals surface area contributed by atoms with Crippen molar-refractivity contribution in [1.82, 2.24) is 9.97 Å². The molecule has 0 saturated heterocycles. The van der Waals surface area contributed by atoms with Gasteiger partial charge in [0.1, 0.15) is 5.82 Å². The zero-order valence-electron chi connectivity index (χ0n) is 7.72. The highest BCUT2D eigenvalue weighted by Gasteiger charge is 1.92. The van der Waals surface area contributed by atoms with E-state index in [0.29, 0.717) is 0 Å². The smallest absolute Gasteiger partial charge is 0.126 e. The number of hydrogen-bond donors (Lipinski definition) is 1. The Morgan fingerprint density at radius 1 is 1.07 bits per heavy atom. The average molecular weight is 185 g/mol. The fraction of sp³-hybridized carbons (Fsp3) is 0.0909. The molecule has 0 aliphatic rings. The first-order valence-corrected chi connectivity index (χ1v) is 4.49. The van der Waals surface area contributed by atoms with E-state index in [1.807, 2.05) is 36.5 Å². The van der Waals surface area contributed by atoms with Gasteiger partial charge in [-0.3, -0.25) is 4.98 Å². The van der Waals surface area contributed by atoms with E-state index in [9.17, 15) is 0 Å². The van der Waals surface area contributed by atoms with Crippen molar-refractivity contribution in [2.45, 2.75) is 6.54 Å². The summed E-state index contributed by atoms with van der Waals surface area (Å²) in [6.45, 7) is 0.755. The van der Waals surface area contributed by atoms with E-state index in [-0.39, 0.29) is 0 Å². The minimum absolute atomic E-state index is 0.755. The van der Waals surface area contributed by atoms with Crippen LogP contribution in [0.1, 0.15) is 5.56 Å². The van der Waals surface area contributed by atoms with Crippen molar-refractivity contribution in [2.24, 2.45) is 0 Å². The van der Waals surface area contributed by atoms with E-state index in [0.717, 1.165) is 17.9 Å². The van der Waals surface area contributed by atoms with Crippen LogP contribution in [-0.4, -0.2) is 9.97 Å². The van der Waals surface area contributed by atoms with Crippen molar-refractivity contribution in [2.75, 3.05) is 5.32 Å². The summed E-state index contributed by atoms with van der Waals surface area (Å²) in [4.78, 5) is 8.20. The Hall–Kier alpha value is -1.90. The summed E-state index contributed by atoms with van der Waals surface area (Å²) in [7, 11) is 0. The van der Waals surface area contributed by atoms with Gasteiger partial charge in [-0.2, -0.15) is 0 Å². The molecule has 1 N–H and O–H groups in total. The van der Waals surface area contributed by atoms with Crippen LogP contribution in [0.2, 0.25) is 0 Å². The van der Waals surface area contributed by atoms with Crippen LogP contribution < -0.4 is 5.32 Å². The van der Waals surface area contributed by atoms with Gasteiger partial charge in [0.05, 0.1) is 0 Å².